The van der Waals surface area contributed by atoms with Crippen molar-refractivity contribution < 1.29 is 19.1 Å². The summed E-state index contributed by atoms with van der Waals surface area (Å²) in [4.78, 5) is 24.1. The summed E-state index contributed by atoms with van der Waals surface area (Å²) in [6.07, 6.45) is 8.08. The fraction of sp³-hybridized carbons (Fsp3) is 0.889. The lowest BCUT2D eigenvalue weighted by molar-refractivity contribution is -0.188. The third-order valence-corrected chi connectivity index (χ3v) is 4.64. The molecule has 0 rings (SSSR count). The van der Waals surface area contributed by atoms with E-state index in [9.17, 15) is 9.59 Å². The van der Waals surface area contributed by atoms with Crippen molar-refractivity contribution in [2.45, 2.75) is 102 Å². The molecule has 0 heterocycles. The molecule has 4 nitrogen and oxygen atoms in total. The van der Waals surface area contributed by atoms with Crippen LogP contribution in [0.25, 0.3) is 0 Å². The van der Waals surface area contributed by atoms with Crippen LogP contribution in [0.2, 0.25) is 0 Å². The first kappa shape index (κ1) is 23.6. The third kappa shape index (κ3) is 11.2. The van der Waals surface area contributed by atoms with Crippen LogP contribution in [0, 0.1) is 0 Å². The Balaban J connectivity index is 4.52. The van der Waals surface area contributed by atoms with Crippen molar-refractivity contribution >= 4 is 37.2 Å². The van der Waals surface area contributed by atoms with E-state index in [1.54, 1.807) is 0 Å². The smallest absolute Gasteiger partial charge is 0.321 e. The van der Waals surface area contributed by atoms with E-state index in [4.69, 9.17) is 9.47 Å². The van der Waals surface area contributed by atoms with Crippen molar-refractivity contribution in [3.8, 4) is 0 Å². The van der Waals surface area contributed by atoms with Gasteiger partial charge in [-0.15, -0.1) is 0 Å². The summed E-state index contributed by atoms with van der Waals surface area (Å²) in [5, 5.41) is -0.947. The molecule has 0 amide bonds. The molecule has 0 fully saturated rings. The number of hydrogen-bond donors (Lipinski definition) is 2. The summed E-state index contributed by atoms with van der Waals surface area (Å²) in [6.45, 7) is 6.13. The van der Waals surface area contributed by atoms with E-state index in [1.807, 2.05) is 13.8 Å². The molecule has 0 N–H and O–H groups in total. The summed E-state index contributed by atoms with van der Waals surface area (Å²) in [5.41, 5.74) is 0. The standard InChI is InChI=1S/C18H34O4S2/c1-4-7-8-9-10-13-16(21-17(19)14(23)11-5-2)22-18(20)15(24)12-6-3/h14-16,23-24H,4-13H2,1-3H3. The summed E-state index contributed by atoms with van der Waals surface area (Å²) < 4.78 is 10.8. The van der Waals surface area contributed by atoms with Gasteiger partial charge in [-0.25, -0.2) is 0 Å². The Morgan fingerprint density at radius 3 is 1.58 bits per heavy atom. The summed E-state index contributed by atoms with van der Waals surface area (Å²) in [7, 11) is 0. The Hall–Kier alpha value is -0.360. The van der Waals surface area contributed by atoms with Gasteiger partial charge in [-0.1, -0.05) is 59.3 Å². The lowest BCUT2D eigenvalue weighted by Crippen LogP contribution is -2.31. The zero-order chi connectivity index (χ0) is 18.4. The van der Waals surface area contributed by atoms with Gasteiger partial charge in [0, 0.05) is 6.42 Å². The molecule has 0 saturated heterocycles. The van der Waals surface area contributed by atoms with Crippen LogP contribution in [0.1, 0.15) is 85.0 Å². The second-order valence-corrected chi connectivity index (χ2v) is 7.36. The van der Waals surface area contributed by atoms with Crippen molar-refractivity contribution in [2.24, 2.45) is 0 Å². The van der Waals surface area contributed by atoms with Crippen LogP contribution in [0.5, 0.6) is 0 Å². The van der Waals surface area contributed by atoms with Gasteiger partial charge >= 0.3 is 11.9 Å². The highest BCUT2D eigenvalue weighted by atomic mass is 32.1. The van der Waals surface area contributed by atoms with Crippen molar-refractivity contribution in [3.63, 3.8) is 0 Å². The number of ether oxygens (including phenoxy) is 2. The van der Waals surface area contributed by atoms with E-state index in [1.165, 1.54) is 12.8 Å². The third-order valence-electron chi connectivity index (χ3n) is 3.71. The molecule has 0 radical (unpaired) electrons. The molecule has 0 saturated carbocycles. The summed E-state index contributed by atoms with van der Waals surface area (Å²) in [6, 6.07) is 0. The topological polar surface area (TPSA) is 52.6 Å². The molecule has 2 atom stereocenters. The van der Waals surface area contributed by atoms with Crippen molar-refractivity contribution in [3.05, 3.63) is 0 Å². The lowest BCUT2D eigenvalue weighted by Gasteiger charge is -2.21. The molecule has 0 aliphatic carbocycles. The molecule has 0 aliphatic heterocycles. The van der Waals surface area contributed by atoms with Gasteiger partial charge in [-0.3, -0.25) is 9.59 Å². The van der Waals surface area contributed by atoms with Crippen molar-refractivity contribution in [1.29, 1.82) is 0 Å². The number of rotatable bonds is 14. The molecule has 0 aromatic carbocycles. The number of unbranched alkanes of at least 4 members (excludes halogenated alkanes) is 4. The SMILES string of the molecule is CCCCCCCC(OC(=O)C(S)CCC)OC(=O)C(S)CCC. The summed E-state index contributed by atoms with van der Waals surface area (Å²) in [5.74, 6) is -0.838. The average molecular weight is 379 g/mol. The largest absolute Gasteiger partial charge is 0.424 e. The molecule has 6 heteroatoms. The quantitative estimate of drug-likeness (QED) is 0.194. The molecular formula is C18H34O4S2. The van der Waals surface area contributed by atoms with E-state index in [0.717, 1.165) is 32.1 Å². The van der Waals surface area contributed by atoms with Crippen LogP contribution in [0.4, 0.5) is 0 Å². The predicted molar refractivity (Wildman–Crippen MR) is 105 cm³/mol. The first-order valence-corrected chi connectivity index (χ1v) is 10.3. The normalized spacial score (nSPS) is 14.7. The van der Waals surface area contributed by atoms with E-state index < -0.39 is 28.7 Å². The highest BCUT2D eigenvalue weighted by Gasteiger charge is 2.25. The average Bonchev–Trinajstić information content (AvgIpc) is 2.54. The van der Waals surface area contributed by atoms with Gasteiger partial charge < -0.3 is 9.47 Å². The van der Waals surface area contributed by atoms with Crippen LogP contribution >= 0.6 is 25.3 Å². The van der Waals surface area contributed by atoms with Crippen molar-refractivity contribution in [2.75, 3.05) is 0 Å². The van der Waals surface area contributed by atoms with Gasteiger partial charge in [-0.05, 0) is 19.3 Å². The second-order valence-electron chi connectivity index (χ2n) is 6.12. The highest BCUT2D eigenvalue weighted by molar-refractivity contribution is 7.82. The fourth-order valence-electron chi connectivity index (χ4n) is 2.26. The minimum absolute atomic E-state index is 0.419. The van der Waals surface area contributed by atoms with Gasteiger partial charge in [0.2, 0.25) is 6.29 Å². The molecule has 0 aliphatic rings. The minimum atomic E-state index is -0.829. The molecule has 2 unspecified atom stereocenters. The zero-order valence-corrected chi connectivity index (χ0v) is 17.1. The number of carbonyl (C=O) groups is 2. The monoisotopic (exact) mass is 378 g/mol. The van der Waals surface area contributed by atoms with Crippen LogP contribution in [0.3, 0.4) is 0 Å². The Bertz CT molecular complexity index is 324. The number of thiol groups is 2. The van der Waals surface area contributed by atoms with E-state index in [2.05, 4.69) is 32.2 Å². The van der Waals surface area contributed by atoms with Gasteiger partial charge in [-0.2, -0.15) is 25.3 Å². The molecule has 0 aromatic heterocycles. The Morgan fingerprint density at radius 2 is 1.17 bits per heavy atom. The fourth-order valence-corrected chi connectivity index (χ4v) is 2.89. The maximum atomic E-state index is 12.0. The molecular weight excluding hydrogens is 344 g/mol. The minimum Gasteiger partial charge on any atom is -0.424 e. The number of esters is 2. The maximum Gasteiger partial charge on any atom is 0.321 e. The van der Waals surface area contributed by atoms with Gasteiger partial charge in [0.15, 0.2) is 0 Å². The molecule has 0 aromatic rings. The maximum absolute atomic E-state index is 12.0. The molecule has 0 spiro atoms. The molecule has 0 bridgehead atoms. The van der Waals surface area contributed by atoms with Gasteiger partial charge in [0.05, 0.1) is 10.5 Å². The number of carbonyl (C=O) groups excluding carboxylic acids is 2. The van der Waals surface area contributed by atoms with Crippen LogP contribution in [-0.4, -0.2) is 28.7 Å². The summed E-state index contributed by atoms with van der Waals surface area (Å²) >= 11 is 8.50. The molecule has 142 valence electrons. The second kappa shape index (κ2) is 14.9. The van der Waals surface area contributed by atoms with Gasteiger partial charge in [0.1, 0.15) is 0 Å². The Morgan fingerprint density at radius 1 is 0.708 bits per heavy atom. The van der Waals surface area contributed by atoms with E-state index >= 15 is 0 Å². The number of hydrogen-bond acceptors (Lipinski definition) is 6. The highest BCUT2D eigenvalue weighted by Crippen LogP contribution is 2.16. The van der Waals surface area contributed by atoms with E-state index in [0.29, 0.717) is 19.3 Å². The van der Waals surface area contributed by atoms with E-state index in [-0.39, 0.29) is 0 Å². The Labute approximate surface area is 158 Å². The van der Waals surface area contributed by atoms with Crippen LogP contribution in [-0.2, 0) is 19.1 Å². The molecule has 24 heavy (non-hydrogen) atoms. The van der Waals surface area contributed by atoms with Crippen LogP contribution < -0.4 is 0 Å². The van der Waals surface area contributed by atoms with Gasteiger partial charge in [0.25, 0.3) is 0 Å². The first-order valence-electron chi connectivity index (χ1n) is 9.23. The lowest BCUT2D eigenvalue weighted by atomic mass is 10.1. The van der Waals surface area contributed by atoms with Crippen LogP contribution in [0.15, 0.2) is 0 Å². The zero-order valence-electron chi connectivity index (χ0n) is 15.3. The Kier molecular flexibility index (Phi) is 14.7. The predicted octanol–water partition coefficient (Wildman–Crippen LogP) is 4.96. The first-order chi connectivity index (χ1) is 11.5. The van der Waals surface area contributed by atoms with Crippen molar-refractivity contribution in [1.82, 2.24) is 0 Å².